The van der Waals surface area contributed by atoms with Gasteiger partial charge in [0, 0.05) is 37.4 Å². The lowest BCUT2D eigenvalue weighted by Crippen LogP contribution is -2.48. The van der Waals surface area contributed by atoms with Gasteiger partial charge in [-0.3, -0.25) is 9.98 Å². The number of aromatic nitrogens is 1. The van der Waals surface area contributed by atoms with Crippen LogP contribution in [0, 0.1) is 0 Å². The second-order valence-corrected chi connectivity index (χ2v) is 5.33. The zero-order valence-electron chi connectivity index (χ0n) is 11.3. The summed E-state index contributed by atoms with van der Waals surface area (Å²) in [6, 6.07) is 6.22. The summed E-state index contributed by atoms with van der Waals surface area (Å²) in [6.45, 7) is 2.89. The van der Waals surface area contributed by atoms with Crippen LogP contribution < -0.4 is 5.32 Å². The number of likely N-dealkylation sites (N-methyl/N-ethyl adjacent to an activating group) is 1. The molecule has 0 saturated heterocycles. The molecule has 1 fully saturated rings. The van der Waals surface area contributed by atoms with Gasteiger partial charge in [0.1, 0.15) is 0 Å². The molecule has 0 radical (unpaired) electrons. The second kappa shape index (κ2) is 6.07. The first kappa shape index (κ1) is 14.6. The van der Waals surface area contributed by atoms with Gasteiger partial charge in [0.15, 0.2) is 5.96 Å². The fourth-order valence-electron chi connectivity index (χ4n) is 2.78. The van der Waals surface area contributed by atoms with Gasteiger partial charge in [0.2, 0.25) is 0 Å². The molecule has 1 aliphatic carbocycles. The molecule has 5 heteroatoms. The third-order valence-corrected chi connectivity index (χ3v) is 4.16. The molecule has 2 heterocycles. The number of hydrogen-bond acceptors (Lipinski definition) is 4. The van der Waals surface area contributed by atoms with Gasteiger partial charge in [0.25, 0.3) is 0 Å². The number of pyridine rings is 1. The molecule has 0 atom stereocenters. The Bertz CT molecular complexity index is 442. The quantitative estimate of drug-likeness (QED) is 0.826. The molecule has 1 saturated carbocycles. The Morgan fingerprint density at radius 2 is 2.21 bits per heavy atom. The van der Waals surface area contributed by atoms with Gasteiger partial charge in [0.05, 0.1) is 6.54 Å². The number of guanidine groups is 1. The third kappa shape index (κ3) is 2.85. The Morgan fingerprint density at radius 1 is 1.37 bits per heavy atom. The van der Waals surface area contributed by atoms with Crippen molar-refractivity contribution in [1.82, 2.24) is 15.2 Å². The Morgan fingerprint density at radius 3 is 2.74 bits per heavy atom. The van der Waals surface area contributed by atoms with Crippen molar-refractivity contribution in [2.75, 3.05) is 26.7 Å². The predicted octanol–water partition coefficient (Wildman–Crippen LogP) is 2.01. The van der Waals surface area contributed by atoms with E-state index in [4.69, 9.17) is 0 Å². The normalized spacial score (nSPS) is 20.3. The summed E-state index contributed by atoms with van der Waals surface area (Å²) in [5.41, 5.74) is 1.46. The van der Waals surface area contributed by atoms with Crippen LogP contribution in [0.4, 0.5) is 0 Å². The molecule has 1 N–H and O–H groups in total. The molecular formula is C14H21IN4. The monoisotopic (exact) mass is 372 g/mol. The minimum Gasteiger partial charge on any atom is -0.355 e. The molecule has 104 valence electrons. The highest BCUT2D eigenvalue weighted by atomic mass is 127. The van der Waals surface area contributed by atoms with Crippen LogP contribution in [0.25, 0.3) is 0 Å². The van der Waals surface area contributed by atoms with Gasteiger partial charge < -0.3 is 10.2 Å². The first-order valence-corrected chi connectivity index (χ1v) is 6.71. The maximum atomic E-state index is 4.54. The molecule has 19 heavy (non-hydrogen) atoms. The van der Waals surface area contributed by atoms with Crippen molar-refractivity contribution < 1.29 is 0 Å². The second-order valence-electron chi connectivity index (χ2n) is 5.33. The highest BCUT2D eigenvalue weighted by Crippen LogP contribution is 2.42. The van der Waals surface area contributed by atoms with Crippen molar-refractivity contribution in [3.8, 4) is 0 Å². The smallest absolute Gasteiger partial charge is 0.193 e. The van der Waals surface area contributed by atoms with Crippen LogP contribution >= 0.6 is 24.0 Å². The van der Waals surface area contributed by atoms with Crippen molar-refractivity contribution in [3.05, 3.63) is 30.1 Å². The lowest BCUT2D eigenvalue weighted by molar-refractivity contribution is 0.235. The molecule has 0 spiro atoms. The van der Waals surface area contributed by atoms with Crippen LogP contribution in [0.5, 0.6) is 0 Å². The van der Waals surface area contributed by atoms with E-state index in [1.807, 2.05) is 12.3 Å². The highest BCUT2D eigenvalue weighted by Gasteiger charge is 2.40. The first-order chi connectivity index (χ1) is 8.80. The fraction of sp³-hybridized carbons (Fsp3) is 0.571. The summed E-state index contributed by atoms with van der Waals surface area (Å²) in [4.78, 5) is 11.2. The summed E-state index contributed by atoms with van der Waals surface area (Å²) in [5, 5.41) is 3.51. The van der Waals surface area contributed by atoms with Crippen LogP contribution in [-0.2, 0) is 5.41 Å². The average Bonchev–Trinajstić information content (AvgIpc) is 2.75. The van der Waals surface area contributed by atoms with Crippen LogP contribution in [0.15, 0.2) is 29.4 Å². The van der Waals surface area contributed by atoms with E-state index in [1.54, 1.807) is 0 Å². The van der Waals surface area contributed by atoms with Crippen LogP contribution in [0.1, 0.15) is 25.0 Å². The Balaban J connectivity index is 0.00000133. The van der Waals surface area contributed by atoms with Crippen molar-refractivity contribution in [1.29, 1.82) is 0 Å². The number of halogens is 1. The number of aliphatic imine (C=N–C) groups is 1. The Labute approximate surface area is 131 Å². The molecule has 1 aromatic heterocycles. The molecule has 0 unspecified atom stereocenters. The molecule has 0 bridgehead atoms. The highest BCUT2D eigenvalue weighted by molar-refractivity contribution is 14.0. The van der Waals surface area contributed by atoms with Crippen LogP contribution in [0.3, 0.4) is 0 Å². The third-order valence-electron chi connectivity index (χ3n) is 4.16. The molecular weight excluding hydrogens is 351 g/mol. The molecule has 2 aliphatic rings. The summed E-state index contributed by atoms with van der Waals surface area (Å²) in [7, 11) is 2.09. The number of nitrogens with zero attached hydrogens (tertiary/aromatic N) is 3. The van der Waals surface area contributed by atoms with Crippen LogP contribution in [-0.4, -0.2) is 42.5 Å². The van der Waals surface area contributed by atoms with Crippen molar-refractivity contribution in [2.45, 2.75) is 24.7 Å². The van der Waals surface area contributed by atoms with E-state index >= 15 is 0 Å². The van der Waals surface area contributed by atoms with E-state index in [0.717, 1.165) is 25.6 Å². The molecule has 3 rings (SSSR count). The average molecular weight is 372 g/mol. The van der Waals surface area contributed by atoms with E-state index in [1.165, 1.54) is 25.0 Å². The first-order valence-electron chi connectivity index (χ1n) is 6.71. The standard InChI is InChI=1S/C14H20N4.HI/c1-18-10-9-16-13(18)17-11-14(6-4-7-14)12-5-2-3-8-15-12;/h2-3,5,8H,4,6-7,9-11H2,1H3,(H,16,17);1H. The Hall–Kier alpha value is -0.850. The molecule has 0 aromatic carbocycles. The predicted molar refractivity (Wildman–Crippen MR) is 88.1 cm³/mol. The number of nitrogens with one attached hydrogen (secondary N) is 1. The van der Waals surface area contributed by atoms with Crippen LogP contribution in [0.2, 0.25) is 0 Å². The van der Waals surface area contributed by atoms with Crippen molar-refractivity contribution in [2.24, 2.45) is 4.99 Å². The zero-order valence-corrected chi connectivity index (χ0v) is 13.6. The van der Waals surface area contributed by atoms with E-state index in [-0.39, 0.29) is 29.4 Å². The van der Waals surface area contributed by atoms with Gasteiger partial charge in [-0.1, -0.05) is 12.5 Å². The Kier molecular flexibility index (Phi) is 4.65. The molecule has 1 aromatic rings. The fourth-order valence-corrected chi connectivity index (χ4v) is 2.78. The molecule has 1 aliphatic heterocycles. The minimum atomic E-state index is 0. The lowest BCUT2D eigenvalue weighted by Gasteiger charge is -2.42. The van der Waals surface area contributed by atoms with E-state index in [0.29, 0.717) is 0 Å². The lowest BCUT2D eigenvalue weighted by atomic mass is 9.66. The minimum absolute atomic E-state index is 0. The summed E-state index contributed by atoms with van der Waals surface area (Å²) in [6.07, 6.45) is 5.66. The number of rotatable bonds is 3. The van der Waals surface area contributed by atoms with Gasteiger partial charge in [-0.2, -0.15) is 0 Å². The largest absolute Gasteiger partial charge is 0.355 e. The maximum Gasteiger partial charge on any atom is 0.193 e. The van der Waals surface area contributed by atoms with Crippen molar-refractivity contribution >= 4 is 29.9 Å². The van der Waals surface area contributed by atoms with Gasteiger partial charge in [-0.25, -0.2) is 0 Å². The van der Waals surface area contributed by atoms with E-state index < -0.39 is 0 Å². The van der Waals surface area contributed by atoms with Gasteiger partial charge in [-0.15, -0.1) is 24.0 Å². The summed E-state index contributed by atoms with van der Waals surface area (Å²) in [5.74, 6) is 1.04. The maximum absolute atomic E-state index is 4.54. The van der Waals surface area contributed by atoms with Gasteiger partial charge in [-0.05, 0) is 25.0 Å². The van der Waals surface area contributed by atoms with E-state index in [9.17, 15) is 0 Å². The molecule has 0 amide bonds. The van der Waals surface area contributed by atoms with Crippen molar-refractivity contribution in [3.63, 3.8) is 0 Å². The summed E-state index contributed by atoms with van der Waals surface area (Å²) < 4.78 is 0. The topological polar surface area (TPSA) is 40.5 Å². The summed E-state index contributed by atoms with van der Waals surface area (Å²) >= 11 is 0. The SMILES string of the molecule is CN1CCN=C1NCC1(c2ccccn2)CCC1.I. The van der Waals surface area contributed by atoms with E-state index in [2.05, 4.69) is 39.4 Å². The zero-order chi connectivity index (χ0) is 12.4. The number of hydrogen-bond donors (Lipinski definition) is 1. The van der Waals surface area contributed by atoms with Gasteiger partial charge >= 0.3 is 0 Å². The molecule has 4 nitrogen and oxygen atoms in total.